The molecule has 1 aromatic heterocycles. The van der Waals surface area contributed by atoms with Crippen molar-refractivity contribution in [1.29, 1.82) is 0 Å². The Morgan fingerprint density at radius 2 is 2.00 bits per heavy atom. The summed E-state index contributed by atoms with van der Waals surface area (Å²) in [5.74, 6) is -1.18. The SMILES string of the molecule is Fc1cc(C(F)(F)F)c[c]n1. The molecule has 1 heterocycles. The van der Waals surface area contributed by atoms with Gasteiger partial charge >= 0.3 is 6.18 Å². The summed E-state index contributed by atoms with van der Waals surface area (Å²) in [6.07, 6.45) is -2.74. The largest absolute Gasteiger partial charge is 0.416 e. The Balaban J connectivity index is 3.06. The smallest absolute Gasteiger partial charge is 0.218 e. The highest BCUT2D eigenvalue weighted by Gasteiger charge is 2.30. The van der Waals surface area contributed by atoms with Crippen LogP contribution in [-0.4, -0.2) is 4.98 Å². The maximum Gasteiger partial charge on any atom is 0.416 e. The van der Waals surface area contributed by atoms with Crippen LogP contribution in [0.1, 0.15) is 5.56 Å². The van der Waals surface area contributed by atoms with Crippen LogP contribution >= 0.6 is 0 Å². The van der Waals surface area contributed by atoms with Crippen molar-refractivity contribution < 1.29 is 17.6 Å². The maximum absolute atomic E-state index is 12.1. The fourth-order valence-electron chi connectivity index (χ4n) is 0.529. The standard InChI is InChI=1S/C6H2F4N/c7-5-3-4(1-2-11-5)6(8,9)10/h1,3H. The molecular weight excluding hydrogens is 162 g/mol. The first kappa shape index (κ1) is 7.97. The maximum atomic E-state index is 12.1. The molecule has 1 aromatic rings. The van der Waals surface area contributed by atoms with Crippen LogP contribution in [0.4, 0.5) is 17.6 Å². The molecule has 0 amide bonds. The van der Waals surface area contributed by atoms with E-state index in [2.05, 4.69) is 4.98 Å². The summed E-state index contributed by atoms with van der Waals surface area (Å²) >= 11 is 0. The van der Waals surface area contributed by atoms with Gasteiger partial charge in [0.05, 0.1) is 11.8 Å². The number of aromatic nitrogens is 1. The number of alkyl halides is 3. The summed E-state index contributed by atoms with van der Waals surface area (Å²) in [4.78, 5) is 2.86. The van der Waals surface area contributed by atoms with Gasteiger partial charge in [0.15, 0.2) is 0 Å². The summed E-state index contributed by atoms with van der Waals surface area (Å²) in [7, 11) is 0. The van der Waals surface area contributed by atoms with Gasteiger partial charge < -0.3 is 0 Å². The van der Waals surface area contributed by atoms with Gasteiger partial charge in [-0.2, -0.15) is 17.6 Å². The van der Waals surface area contributed by atoms with Gasteiger partial charge in [-0.15, -0.1) is 0 Å². The fraction of sp³-hybridized carbons (Fsp3) is 0.167. The van der Waals surface area contributed by atoms with Gasteiger partial charge in [-0.25, -0.2) is 4.98 Å². The lowest BCUT2D eigenvalue weighted by Gasteiger charge is -2.03. The lowest BCUT2D eigenvalue weighted by Crippen LogP contribution is -2.05. The van der Waals surface area contributed by atoms with E-state index in [9.17, 15) is 17.6 Å². The summed E-state index contributed by atoms with van der Waals surface area (Å²) in [5, 5.41) is 0. The zero-order chi connectivity index (χ0) is 8.48. The third-order valence-electron chi connectivity index (χ3n) is 0.993. The molecule has 5 heteroatoms. The van der Waals surface area contributed by atoms with E-state index in [1.165, 1.54) is 0 Å². The average Bonchev–Trinajstić information content (AvgIpc) is 1.86. The van der Waals surface area contributed by atoms with Crippen LogP contribution in [0.15, 0.2) is 12.1 Å². The Hall–Kier alpha value is -1.13. The number of rotatable bonds is 0. The van der Waals surface area contributed by atoms with Crippen molar-refractivity contribution >= 4 is 0 Å². The number of hydrogen-bond acceptors (Lipinski definition) is 1. The van der Waals surface area contributed by atoms with Gasteiger partial charge in [0.1, 0.15) is 0 Å². The Labute approximate surface area is 59.7 Å². The Morgan fingerprint density at radius 1 is 1.36 bits per heavy atom. The minimum Gasteiger partial charge on any atom is -0.218 e. The normalized spacial score (nSPS) is 11.6. The van der Waals surface area contributed by atoms with Gasteiger partial charge in [-0.05, 0) is 6.07 Å². The van der Waals surface area contributed by atoms with E-state index in [1.54, 1.807) is 6.20 Å². The van der Waals surface area contributed by atoms with Gasteiger partial charge in [0.2, 0.25) is 5.95 Å². The second kappa shape index (κ2) is 2.48. The van der Waals surface area contributed by atoms with Crippen LogP contribution < -0.4 is 0 Å². The van der Waals surface area contributed by atoms with Crippen molar-refractivity contribution in [3.8, 4) is 0 Å². The van der Waals surface area contributed by atoms with E-state index in [-0.39, 0.29) is 0 Å². The second-order valence-electron chi connectivity index (χ2n) is 1.81. The van der Waals surface area contributed by atoms with Gasteiger partial charge in [-0.3, -0.25) is 0 Å². The van der Waals surface area contributed by atoms with Crippen molar-refractivity contribution in [3.05, 3.63) is 29.8 Å². The Kier molecular flexibility index (Phi) is 1.80. The minimum absolute atomic E-state index is 0.316. The Bertz CT molecular complexity index is 255. The van der Waals surface area contributed by atoms with Crippen LogP contribution in [0.2, 0.25) is 0 Å². The number of hydrogen-bond donors (Lipinski definition) is 0. The molecule has 1 rings (SSSR count). The van der Waals surface area contributed by atoms with Crippen molar-refractivity contribution in [1.82, 2.24) is 4.98 Å². The summed E-state index contributed by atoms with van der Waals surface area (Å²) in [5.41, 5.74) is -1.08. The second-order valence-corrected chi connectivity index (χ2v) is 1.81. The first-order chi connectivity index (χ1) is 5.00. The predicted octanol–water partition coefficient (Wildman–Crippen LogP) is 2.04. The van der Waals surface area contributed by atoms with Gasteiger partial charge in [0.25, 0.3) is 0 Å². The fourth-order valence-corrected chi connectivity index (χ4v) is 0.529. The number of pyridine rings is 1. The monoisotopic (exact) mass is 164 g/mol. The predicted molar refractivity (Wildman–Crippen MR) is 28.0 cm³/mol. The molecule has 0 aromatic carbocycles. The molecule has 59 valence electrons. The molecule has 0 atom stereocenters. The quantitative estimate of drug-likeness (QED) is 0.422. The van der Waals surface area contributed by atoms with Crippen LogP contribution in [-0.2, 0) is 6.18 Å². The molecule has 0 saturated carbocycles. The third kappa shape index (κ3) is 1.89. The molecule has 0 bridgehead atoms. The van der Waals surface area contributed by atoms with Crippen molar-refractivity contribution in [3.63, 3.8) is 0 Å². The highest BCUT2D eigenvalue weighted by molar-refractivity contribution is 5.13. The van der Waals surface area contributed by atoms with Gasteiger partial charge in [0, 0.05) is 6.07 Å². The third-order valence-corrected chi connectivity index (χ3v) is 0.993. The molecule has 0 aliphatic carbocycles. The Morgan fingerprint density at radius 3 is 2.36 bits per heavy atom. The highest BCUT2D eigenvalue weighted by Crippen LogP contribution is 2.28. The van der Waals surface area contributed by atoms with Crippen LogP contribution in [0.3, 0.4) is 0 Å². The summed E-state index contributed by atoms with van der Waals surface area (Å²) < 4.78 is 47.3. The van der Waals surface area contributed by atoms with E-state index in [0.717, 1.165) is 0 Å². The molecule has 11 heavy (non-hydrogen) atoms. The molecule has 0 unspecified atom stereocenters. The van der Waals surface area contributed by atoms with E-state index in [0.29, 0.717) is 12.1 Å². The summed E-state index contributed by atoms with van der Waals surface area (Å²) in [6, 6.07) is 0.902. The van der Waals surface area contributed by atoms with Crippen molar-refractivity contribution in [2.75, 3.05) is 0 Å². The van der Waals surface area contributed by atoms with Crippen LogP contribution in [0, 0.1) is 12.1 Å². The molecule has 0 saturated heterocycles. The molecule has 0 N–H and O–H groups in total. The van der Waals surface area contributed by atoms with E-state index >= 15 is 0 Å². The zero-order valence-electron chi connectivity index (χ0n) is 5.11. The number of halogens is 4. The topological polar surface area (TPSA) is 12.9 Å². The molecule has 0 fully saturated rings. The van der Waals surface area contributed by atoms with Crippen LogP contribution in [0.5, 0.6) is 0 Å². The van der Waals surface area contributed by atoms with Crippen LogP contribution in [0.25, 0.3) is 0 Å². The lowest BCUT2D eigenvalue weighted by molar-refractivity contribution is -0.137. The summed E-state index contributed by atoms with van der Waals surface area (Å²) in [6.45, 7) is 0. The number of nitrogens with zero attached hydrogens (tertiary/aromatic N) is 1. The first-order valence-corrected chi connectivity index (χ1v) is 2.61. The van der Waals surface area contributed by atoms with Gasteiger partial charge in [-0.1, -0.05) is 0 Å². The highest BCUT2D eigenvalue weighted by atomic mass is 19.4. The molecular formula is C6H2F4N. The molecule has 0 spiro atoms. The minimum atomic E-state index is -4.53. The molecule has 0 aliphatic rings. The zero-order valence-corrected chi connectivity index (χ0v) is 5.11. The van der Waals surface area contributed by atoms with E-state index in [1.807, 2.05) is 0 Å². The van der Waals surface area contributed by atoms with Crippen molar-refractivity contribution in [2.45, 2.75) is 6.18 Å². The molecule has 0 aliphatic heterocycles. The average molecular weight is 164 g/mol. The first-order valence-electron chi connectivity index (χ1n) is 2.61. The van der Waals surface area contributed by atoms with Crippen molar-refractivity contribution in [2.24, 2.45) is 0 Å². The molecule has 1 radical (unpaired) electrons. The van der Waals surface area contributed by atoms with E-state index < -0.39 is 17.7 Å². The van der Waals surface area contributed by atoms with E-state index in [4.69, 9.17) is 0 Å². The lowest BCUT2D eigenvalue weighted by atomic mass is 10.3. The molecule has 1 nitrogen and oxygen atoms in total.